The smallest absolute Gasteiger partial charge is 0.339 e. The summed E-state index contributed by atoms with van der Waals surface area (Å²) in [5, 5.41) is 29.0. The third-order valence-corrected chi connectivity index (χ3v) is 5.14. The Morgan fingerprint density at radius 1 is 1.23 bits per heavy atom. The third-order valence-electron chi connectivity index (χ3n) is 4.14. The van der Waals surface area contributed by atoms with Crippen LogP contribution in [0.4, 0.5) is 5.69 Å². The Morgan fingerprint density at radius 2 is 2.00 bits per heavy atom. The number of benzene rings is 2. The molecule has 9 heteroatoms. The molecule has 0 aliphatic carbocycles. The topological polar surface area (TPSA) is 120 Å². The highest BCUT2D eigenvalue weighted by Crippen LogP contribution is 2.36. The number of ether oxygens (including phenoxy) is 1. The van der Waals surface area contributed by atoms with Crippen molar-refractivity contribution in [3.05, 3.63) is 65.1 Å². The molecule has 0 radical (unpaired) electrons. The van der Waals surface area contributed by atoms with Crippen LogP contribution in [0.25, 0.3) is 6.08 Å². The second-order valence-electron chi connectivity index (χ2n) is 6.15. The number of rotatable bonds is 6. The van der Waals surface area contributed by atoms with Gasteiger partial charge in [-0.15, -0.1) is 6.58 Å². The first kappa shape index (κ1) is 21.0. The summed E-state index contributed by atoms with van der Waals surface area (Å²) in [6, 6.07) is 8.63. The van der Waals surface area contributed by atoms with Crippen LogP contribution in [0.15, 0.2) is 59.0 Å². The Balaban J connectivity index is 1.97. The quantitative estimate of drug-likeness (QED) is 0.477. The minimum absolute atomic E-state index is 0.00907. The number of hydrogen-bond donors (Lipinski definition) is 3. The molecule has 1 aliphatic rings. The van der Waals surface area contributed by atoms with Crippen LogP contribution in [0.5, 0.6) is 17.2 Å². The zero-order valence-corrected chi connectivity index (χ0v) is 16.7. The van der Waals surface area contributed by atoms with Crippen molar-refractivity contribution < 1.29 is 29.6 Å². The van der Waals surface area contributed by atoms with Crippen molar-refractivity contribution in [2.45, 2.75) is 0 Å². The van der Waals surface area contributed by atoms with Crippen LogP contribution in [0, 0.1) is 0 Å². The summed E-state index contributed by atoms with van der Waals surface area (Å²) < 4.78 is 5.09. The van der Waals surface area contributed by atoms with Gasteiger partial charge in [-0.1, -0.05) is 12.1 Å². The van der Waals surface area contributed by atoms with Crippen molar-refractivity contribution in [2.24, 2.45) is 4.99 Å². The number of phenols is 2. The number of carboxylic acids is 1. The Morgan fingerprint density at radius 3 is 2.63 bits per heavy atom. The number of methoxy groups -OCH3 is 1. The van der Waals surface area contributed by atoms with Crippen molar-refractivity contribution in [3.63, 3.8) is 0 Å². The lowest BCUT2D eigenvalue weighted by Crippen LogP contribution is -2.29. The molecule has 1 heterocycles. The predicted molar refractivity (Wildman–Crippen MR) is 114 cm³/mol. The van der Waals surface area contributed by atoms with Gasteiger partial charge in [0.05, 0.1) is 17.7 Å². The molecule has 0 unspecified atom stereocenters. The SMILES string of the molecule is C=CCN1C(=O)/C(=C/c2ccc(O)c(OC)c2)SC1=Nc1ccc(C(=O)O)c(O)c1. The van der Waals surface area contributed by atoms with Gasteiger partial charge >= 0.3 is 5.97 Å². The normalized spacial score (nSPS) is 16.3. The van der Waals surface area contributed by atoms with Crippen LogP contribution in [-0.2, 0) is 4.79 Å². The molecule has 1 fully saturated rings. The van der Waals surface area contributed by atoms with Gasteiger partial charge in [0.15, 0.2) is 16.7 Å². The number of phenolic OH excluding ortho intramolecular Hbond substituents is 1. The number of carbonyl (C=O) groups is 2. The fourth-order valence-electron chi connectivity index (χ4n) is 2.70. The summed E-state index contributed by atoms with van der Waals surface area (Å²) in [4.78, 5) is 30.1. The Labute approximate surface area is 176 Å². The second kappa shape index (κ2) is 8.75. The van der Waals surface area contributed by atoms with Crippen LogP contribution >= 0.6 is 11.8 Å². The first-order valence-corrected chi connectivity index (χ1v) is 9.50. The first-order valence-electron chi connectivity index (χ1n) is 8.68. The number of nitrogens with zero attached hydrogens (tertiary/aromatic N) is 2. The van der Waals surface area contributed by atoms with Gasteiger partial charge in [-0.05, 0) is 47.7 Å². The zero-order valence-electron chi connectivity index (χ0n) is 15.9. The molecule has 0 spiro atoms. The lowest BCUT2D eigenvalue weighted by molar-refractivity contribution is -0.121. The summed E-state index contributed by atoms with van der Waals surface area (Å²) >= 11 is 1.13. The molecule has 154 valence electrons. The van der Waals surface area contributed by atoms with Gasteiger partial charge < -0.3 is 20.1 Å². The highest BCUT2D eigenvalue weighted by Gasteiger charge is 2.32. The lowest BCUT2D eigenvalue weighted by atomic mass is 10.2. The molecule has 0 atom stereocenters. The molecule has 1 amide bonds. The summed E-state index contributed by atoms with van der Waals surface area (Å²) in [7, 11) is 1.43. The van der Waals surface area contributed by atoms with Crippen LogP contribution < -0.4 is 4.74 Å². The first-order chi connectivity index (χ1) is 14.3. The number of carbonyl (C=O) groups excluding carboxylic acids is 1. The van der Waals surface area contributed by atoms with E-state index in [9.17, 15) is 19.8 Å². The van der Waals surface area contributed by atoms with E-state index in [1.165, 1.54) is 36.3 Å². The van der Waals surface area contributed by atoms with Gasteiger partial charge in [-0.25, -0.2) is 9.79 Å². The molecule has 0 saturated carbocycles. The summed E-state index contributed by atoms with van der Waals surface area (Å²) in [5.74, 6) is -1.67. The number of hydrogen-bond acceptors (Lipinski definition) is 7. The average molecular weight is 426 g/mol. The molecule has 2 aromatic rings. The fourth-order valence-corrected chi connectivity index (χ4v) is 3.71. The van der Waals surface area contributed by atoms with E-state index < -0.39 is 11.7 Å². The highest BCUT2D eigenvalue weighted by atomic mass is 32.2. The van der Waals surface area contributed by atoms with Crippen molar-refractivity contribution in [3.8, 4) is 17.2 Å². The molecule has 30 heavy (non-hydrogen) atoms. The van der Waals surface area contributed by atoms with Crippen molar-refractivity contribution in [1.82, 2.24) is 4.90 Å². The van der Waals surface area contributed by atoms with Crippen LogP contribution in [0.1, 0.15) is 15.9 Å². The molecule has 3 N–H and O–H groups in total. The summed E-state index contributed by atoms with van der Waals surface area (Å²) in [6.45, 7) is 3.88. The van der Waals surface area contributed by atoms with E-state index in [0.29, 0.717) is 21.3 Å². The maximum Gasteiger partial charge on any atom is 0.339 e. The molecule has 8 nitrogen and oxygen atoms in total. The van der Waals surface area contributed by atoms with Gasteiger partial charge in [0, 0.05) is 12.6 Å². The van der Waals surface area contributed by atoms with E-state index in [4.69, 9.17) is 9.84 Å². The molecule has 1 saturated heterocycles. The van der Waals surface area contributed by atoms with E-state index in [1.54, 1.807) is 24.3 Å². The van der Waals surface area contributed by atoms with E-state index in [-0.39, 0.29) is 29.5 Å². The van der Waals surface area contributed by atoms with Gasteiger partial charge in [-0.3, -0.25) is 9.69 Å². The Kier molecular flexibility index (Phi) is 6.12. The predicted octanol–water partition coefficient (Wildman–Crippen LogP) is 3.59. The highest BCUT2D eigenvalue weighted by molar-refractivity contribution is 8.18. The number of aromatic hydroxyl groups is 2. The van der Waals surface area contributed by atoms with Crippen LogP contribution in [-0.4, -0.2) is 50.9 Å². The number of amidine groups is 1. The van der Waals surface area contributed by atoms with E-state index in [1.807, 2.05) is 0 Å². The lowest BCUT2D eigenvalue weighted by Gasteiger charge is -2.12. The van der Waals surface area contributed by atoms with Gasteiger partial charge in [0.25, 0.3) is 5.91 Å². The monoisotopic (exact) mass is 426 g/mol. The van der Waals surface area contributed by atoms with E-state index in [2.05, 4.69) is 11.6 Å². The van der Waals surface area contributed by atoms with Gasteiger partial charge in [0.2, 0.25) is 0 Å². The van der Waals surface area contributed by atoms with Crippen molar-refractivity contribution in [1.29, 1.82) is 0 Å². The molecule has 0 bridgehead atoms. The number of carboxylic acid groups (broad SMARTS) is 1. The van der Waals surface area contributed by atoms with Crippen LogP contribution in [0.2, 0.25) is 0 Å². The third kappa shape index (κ3) is 4.31. The number of amides is 1. The standard InChI is InChI=1S/C21H18N2O6S/c1-3-8-23-19(26)18(10-12-4-7-15(24)17(9-12)29-2)30-21(23)22-13-5-6-14(20(27)28)16(25)11-13/h3-7,9-11,24-25H,1,8H2,2H3,(H,27,28)/b18-10-,22-21?. The molecular weight excluding hydrogens is 408 g/mol. The molecule has 3 rings (SSSR count). The zero-order chi connectivity index (χ0) is 21.8. The average Bonchev–Trinajstić information content (AvgIpc) is 2.98. The van der Waals surface area contributed by atoms with Gasteiger partial charge in [-0.2, -0.15) is 0 Å². The minimum atomic E-state index is -1.25. The molecular formula is C21H18N2O6S. The van der Waals surface area contributed by atoms with Crippen molar-refractivity contribution >= 4 is 40.6 Å². The number of aliphatic imine (C=N–C) groups is 1. The number of thioether (sulfide) groups is 1. The summed E-state index contributed by atoms with van der Waals surface area (Å²) in [5.41, 5.74) is 0.720. The van der Waals surface area contributed by atoms with Crippen molar-refractivity contribution in [2.75, 3.05) is 13.7 Å². The van der Waals surface area contributed by atoms with E-state index >= 15 is 0 Å². The van der Waals surface area contributed by atoms with Gasteiger partial charge in [0.1, 0.15) is 11.3 Å². The van der Waals surface area contributed by atoms with E-state index in [0.717, 1.165) is 11.8 Å². The molecule has 2 aromatic carbocycles. The Bertz CT molecular complexity index is 1090. The Hall–Kier alpha value is -3.72. The largest absolute Gasteiger partial charge is 0.507 e. The summed E-state index contributed by atoms with van der Waals surface area (Å²) in [6.07, 6.45) is 3.21. The molecule has 0 aromatic heterocycles. The second-order valence-corrected chi connectivity index (χ2v) is 7.16. The maximum absolute atomic E-state index is 12.8. The van der Waals surface area contributed by atoms with Crippen LogP contribution in [0.3, 0.4) is 0 Å². The number of aromatic carboxylic acids is 1. The maximum atomic E-state index is 12.8. The molecule has 1 aliphatic heterocycles. The minimum Gasteiger partial charge on any atom is -0.507 e. The fraction of sp³-hybridized carbons (Fsp3) is 0.0952.